The zero-order valence-corrected chi connectivity index (χ0v) is 13.7. The minimum atomic E-state index is -0.148. The summed E-state index contributed by atoms with van der Waals surface area (Å²) in [6, 6.07) is 9.05. The molecule has 3 heteroatoms. The van der Waals surface area contributed by atoms with E-state index in [4.69, 9.17) is 0 Å². The van der Waals surface area contributed by atoms with E-state index in [9.17, 15) is 5.11 Å². The first-order valence-corrected chi connectivity index (χ1v) is 8.57. The molecule has 0 radical (unpaired) electrons. The molecule has 20 heavy (non-hydrogen) atoms. The van der Waals surface area contributed by atoms with Crippen molar-refractivity contribution < 1.29 is 5.11 Å². The van der Waals surface area contributed by atoms with Gasteiger partial charge in [-0.2, -0.15) is 0 Å². The average molecular weight is 293 g/mol. The van der Waals surface area contributed by atoms with Gasteiger partial charge in [0.15, 0.2) is 0 Å². The van der Waals surface area contributed by atoms with E-state index in [2.05, 4.69) is 50.2 Å². The van der Waals surface area contributed by atoms with Crippen molar-refractivity contribution in [2.75, 3.05) is 14.1 Å². The standard InChI is InChI=1S/C17H27NOS/c1-13(18(2)3)14-9-7-8-11-16(14)20-17-12-6-4-5-10-15(17)19/h7-9,11,13,15,17,19H,4-6,10,12H2,1-3H3/t13-,15-,17-/m0/s1. The second kappa shape index (κ2) is 7.48. The summed E-state index contributed by atoms with van der Waals surface area (Å²) in [5.74, 6) is 0. The zero-order chi connectivity index (χ0) is 14.5. The molecule has 1 aromatic carbocycles. The first-order valence-electron chi connectivity index (χ1n) is 7.69. The third-order valence-electron chi connectivity index (χ3n) is 4.34. The van der Waals surface area contributed by atoms with Crippen LogP contribution >= 0.6 is 11.8 Å². The molecule has 2 rings (SSSR count). The first kappa shape index (κ1) is 15.9. The van der Waals surface area contributed by atoms with Gasteiger partial charge >= 0.3 is 0 Å². The third-order valence-corrected chi connectivity index (χ3v) is 5.82. The molecule has 1 saturated carbocycles. The topological polar surface area (TPSA) is 23.5 Å². The van der Waals surface area contributed by atoms with Crippen LogP contribution < -0.4 is 0 Å². The smallest absolute Gasteiger partial charge is 0.0662 e. The Labute approximate surface area is 127 Å². The van der Waals surface area contributed by atoms with E-state index in [1.807, 2.05) is 11.8 Å². The maximum absolute atomic E-state index is 10.3. The lowest BCUT2D eigenvalue weighted by atomic mass is 10.1. The summed E-state index contributed by atoms with van der Waals surface area (Å²) in [5, 5.41) is 10.7. The maximum Gasteiger partial charge on any atom is 0.0662 e. The summed E-state index contributed by atoms with van der Waals surface area (Å²) in [6.45, 7) is 2.24. The van der Waals surface area contributed by atoms with Crippen LogP contribution in [0.3, 0.4) is 0 Å². The second-order valence-electron chi connectivity index (χ2n) is 6.04. The van der Waals surface area contributed by atoms with Crippen molar-refractivity contribution >= 4 is 11.8 Å². The Morgan fingerprint density at radius 2 is 1.85 bits per heavy atom. The van der Waals surface area contributed by atoms with Gasteiger partial charge in [0, 0.05) is 16.2 Å². The van der Waals surface area contributed by atoms with Crippen molar-refractivity contribution in [3.8, 4) is 0 Å². The van der Waals surface area contributed by atoms with Gasteiger partial charge in [-0.3, -0.25) is 0 Å². The molecule has 1 aliphatic rings. The van der Waals surface area contributed by atoms with Crippen molar-refractivity contribution in [1.82, 2.24) is 4.90 Å². The van der Waals surface area contributed by atoms with E-state index in [0.29, 0.717) is 11.3 Å². The van der Waals surface area contributed by atoms with Crippen LogP contribution in [0.4, 0.5) is 0 Å². The van der Waals surface area contributed by atoms with Gasteiger partial charge in [-0.1, -0.05) is 37.5 Å². The molecule has 0 saturated heterocycles. The molecule has 1 aliphatic carbocycles. The number of aliphatic hydroxyl groups excluding tert-OH is 1. The largest absolute Gasteiger partial charge is 0.392 e. The highest BCUT2D eigenvalue weighted by Crippen LogP contribution is 2.37. The van der Waals surface area contributed by atoms with Crippen LogP contribution in [-0.2, 0) is 0 Å². The van der Waals surface area contributed by atoms with Crippen LogP contribution in [0.25, 0.3) is 0 Å². The lowest BCUT2D eigenvalue weighted by Gasteiger charge is -2.25. The molecule has 1 aromatic rings. The summed E-state index contributed by atoms with van der Waals surface area (Å²) in [5.41, 5.74) is 1.37. The van der Waals surface area contributed by atoms with Gasteiger partial charge in [-0.25, -0.2) is 0 Å². The summed E-state index contributed by atoms with van der Waals surface area (Å²) in [6.07, 6.45) is 5.64. The quantitative estimate of drug-likeness (QED) is 0.846. The van der Waals surface area contributed by atoms with Crippen molar-refractivity contribution in [3.63, 3.8) is 0 Å². The highest BCUT2D eigenvalue weighted by molar-refractivity contribution is 8.00. The number of benzene rings is 1. The molecular formula is C17H27NOS. The molecule has 0 unspecified atom stereocenters. The van der Waals surface area contributed by atoms with E-state index in [0.717, 1.165) is 12.8 Å². The zero-order valence-electron chi connectivity index (χ0n) is 12.9. The molecule has 1 fully saturated rings. The predicted octanol–water partition coefficient (Wildman–Crippen LogP) is 4.09. The molecule has 112 valence electrons. The maximum atomic E-state index is 10.3. The molecule has 0 aromatic heterocycles. The van der Waals surface area contributed by atoms with E-state index in [-0.39, 0.29) is 6.10 Å². The minimum Gasteiger partial charge on any atom is -0.392 e. The summed E-state index contributed by atoms with van der Waals surface area (Å²) in [4.78, 5) is 3.57. The van der Waals surface area contributed by atoms with Gasteiger partial charge in [-0.05, 0) is 45.5 Å². The van der Waals surface area contributed by atoms with E-state index in [1.54, 1.807) is 0 Å². The van der Waals surface area contributed by atoms with Crippen LogP contribution in [0.2, 0.25) is 0 Å². The lowest BCUT2D eigenvalue weighted by molar-refractivity contribution is 0.163. The van der Waals surface area contributed by atoms with Gasteiger partial charge in [-0.15, -0.1) is 11.8 Å². The van der Waals surface area contributed by atoms with Crippen LogP contribution in [-0.4, -0.2) is 35.5 Å². The van der Waals surface area contributed by atoms with E-state index >= 15 is 0 Å². The number of aliphatic hydroxyl groups is 1. The van der Waals surface area contributed by atoms with Gasteiger partial charge < -0.3 is 10.0 Å². The monoisotopic (exact) mass is 293 g/mol. The fourth-order valence-electron chi connectivity index (χ4n) is 2.77. The van der Waals surface area contributed by atoms with Crippen molar-refractivity contribution in [2.24, 2.45) is 0 Å². The second-order valence-corrected chi connectivity index (χ2v) is 7.32. The molecule has 0 aliphatic heterocycles. The molecule has 1 N–H and O–H groups in total. The number of hydrogen-bond acceptors (Lipinski definition) is 3. The average Bonchev–Trinajstić information content (AvgIpc) is 2.64. The Kier molecular flexibility index (Phi) is 5.94. The minimum absolute atomic E-state index is 0.148. The summed E-state index contributed by atoms with van der Waals surface area (Å²) < 4.78 is 0. The highest BCUT2D eigenvalue weighted by atomic mass is 32.2. The Morgan fingerprint density at radius 1 is 1.15 bits per heavy atom. The normalized spacial score (nSPS) is 25.4. The van der Waals surface area contributed by atoms with Crippen LogP contribution in [0.15, 0.2) is 29.2 Å². The molecule has 0 amide bonds. The predicted molar refractivity (Wildman–Crippen MR) is 87.3 cm³/mol. The molecule has 2 nitrogen and oxygen atoms in total. The molecular weight excluding hydrogens is 266 g/mol. The SMILES string of the molecule is C[C@@H](c1ccccc1S[C@H]1CCCCC[C@@H]1O)N(C)C. The Bertz CT molecular complexity index is 421. The van der Waals surface area contributed by atoms with E-state index in [1.165, 1.54) is 29.7 Å². The van der Waals surface area contributed by atoms with Crippen LogP contribution in [0, 0.1) is 0 Å². The van der Waals surface area contributed by atoms with Crippen LogP contribution in [0.5, 0.6) is 0 Å². The lowest BCUT2D eigenvalue weighted by Crippen LogP contribution is -2.22. The highest BCUT2D eigenvalue weighted by Gasteiger charge is 2.24. The Hall–Kier alpha value is -0.510. The summed E-state index contributed by atoms with van der Waals surface area (Å²) in [7, 11) is 4.24. The fourth-order valence-corrected chi connectivity index (χ4v) is 4.20. The van der Waals surface area contributed by atoms with Gasteiger partial charge in [0.1, 0.15) is 0 Å². The van der Waals surface area contributed by atoms with E-state index < -0.39 is 0 Å². The van der Waals surface area contributed by atoms with Gasteiger partial charge in [0.25, 0.3) is 0 Å². The molecule has 0 bridgehead atoms. The van der Waals surface area contributed by atoms with Crippen LogP contribution in [0.1, 0.15) is 50.6 Å². The first-order chi connectivity index (χ1) is 9.59. The third kappa shape index (κ3) is 4.00. The Morgan fingerprint density at radius 3 is 2.60 bits per heavy atom. The number of thioether (sulfide) groups is 1. The van der Waals surface area contributed by atoms with Gasteiger partial charge in [0.05, 0.1) is 6.10 Å². The molecule has 0 heterocycles. The number of nitrogens with zero attached hydrogens (tertiary/aromatic N) is 1. The van der Waals surface area contributed by atoms with Crippen molar-refractivity contribution in [3.05, 3.63) is 29.8 Å². The van der Waals surface area contributed by atoms with Crippen molar-refractivity contribution in [1.29, 1.82) is 0 Å². The molecule has 0 spiro atoms. The fraction of sp³-hybridized carbons (Fsp3) is 0.647. The molecule has 3 atom stereocenters. The number of hydrogen-bond donors (Lipinski definition) is 1. The Balaban J connectivity index is 2.15. The van der Waals surface area contributed by atoms with Crippen molar-refractivity contribution in [2.45, 2.75) is 61.3 Å². The summed E-state index contributed by atoms with van der Waals surface area (Å²) >= 11 is 1.88. The van der Waals surface area contributed by atoms with Gasteiger partial charge in [0.2, 0.25) is 0 Å². The number of rotatable bonds is 4.